The number of carboxylic acid groups (broad SMARTS) is 1. The maximum Gasteiger partial charge on any atom is 0.405 e. The summed E-state index contributed by atoms with van der Waals surface area (Å²) in [5.41, 5.74) is 4.05. The van der Waals surface area contributed by atoms with Gasteiger partial charge in [0.25, 0.3) is 0 Å². The van der Waals surface area contributed by atoms with Crippen LogP contribution in [0.25, 0.3) is 0 Å². The zero-order valence-electron chi connectivity index (χ0n) is 21.5. The van der Waals surface area contributed by atoms with Crippen molar-refractivity contribution >= 4 is 23.8 Å². The minimum absolute atomic E-state index is 0.258. The number of carbonyl (C=O) groups is 4. The molecule has 2 aliphatic rings. The summed E-state index contributed by atoms with van der Waals surface area (Å²) >= 11 is 0. The fourth-order valence-corrected chi connectivity index (χ4v) is 5.32. The molecule has 2 fully saturated rings. The summed E-state index contributed by atoms with van der Waals surface area (Å²) in [6.45, 7) is 6.06. The minimum Gasteiger partial charge on any atom is -0.465 e. The molecule has 1 aliphatic carbocycles. The lowest BCUT2D eigenvalue weighted by molar-refractivity contribution is -0.143. The number of hydrogen-bond donors (Lipinski definition) is 5. The summed E-state index contributed by atoms with van der Waals surface area (Å²) < 4.78 is 27.0. The first-order valence-corrected chi connectivity index (χ1v) is 12.4. The van der Waals surface area contributed by atoms with Gasteiger partial charge in [0.1, 0.15) is 12.1 Å². The van der Waals surface area contributed by atoms with Crippen LogP contribution < -0.4 is 16.4 Å². The van der Waals surface area contributed by atoms with Crippen molar-refractivity contribution in [2.75, 3.05) is 6.54 Å². The molecule has 0 bridgehead atoms. The van der Waals surface area contributed by atoms with Crippen molar-refractivity contribution in [2.45, 2.75) is 109 Å². The van der Waals surface area contributed by atoms with Gasteiger partial charge in [-0.3, -0.25) is 14.4 Å². The van der Waals surface area contributed by atoms with Crippen LogP contribution in [-0.2, 0) is 14.4 Å². The van der Waals surface area contributed by atoms with E-state index in [2.05, 4.69) is 10.6 Å². The van der Waals surface area contributed by atoms with E-state index < -0.39 is 72.2 Å². The standard InChI is InChI=1S/C24H40F2N4O6/c1-22(2,3)17(29-21(35)36)20(34)30-13-24(9-6-5-7-10-24)12-15(30)19(33)28-14(16(31)18(27)32)8-11-23(4,25)26/h14-17,29,31H,5-13H2,1-4H3,(H2,27,32)(H,28,33)(H,35,36)/t14?,15-,16?,17?/m0/s1. The lowest BCUT2D eigenvalue weighted by atomic mass is 9.72. The van der Waals surface area contributed by atoms with Crippen LogP contribution in [-0.4, -0.2) is 75.6 Å². The number of nitrogens with two attached hydrogens (primary N) is 1. The quantitative estimate of drug-likeness (QED) is 0.313. The van der Waals surface area contributed by atoms with Crippen molar-refractivity contribution in [2.24, 2.45) is 16.6 Å². The second-order valence-electron chi connectivity index (χ2n) is 11.6. The number of hydrogen-bond acceptors (Lipinski definition) is 5. The second-order valence-corrected chi connectivity index (χ2v) is 11.6. The van der Waals surface area contributed by atoms with Crippen LogP contribution in [0.2, 0.25) is 0 Å². The summed E-state index contributed by atoms with van der Waals surface area (Å²) in [6, 6.07) is -3.51. The largest absolute Gasteiger partial charge is 0.465 e. The normalized spacial score (nSPS) is 22.5. The van der Waals surface area contributed by atoms with E-state index in [1.54, 1.807) is 20.8 Å². The highest BCUT2D eigenvalue weighted by Crippen LogP contribution is 2.47. The number of alkyl halides is 2. The van der Waals surface area contributed by atoms with Gasteiger partial charge in [0, 0.05) is 13.0 Å². The van der Waals surface area contributed by atoms with E-state index in [0.29, 0.717) is 13.3 Å². The number of amides is 4. The molecule has 10 nitrogen and oxygen atoms in total. The van der Waals surface area contributed by atoms with E-state index in [9.17, 15) is 38.2 Å². The van der Waals surface area contributed by atoms with E-state index in [0.717, 1.165) is 32.1 Å². The van der Waals surface area contributed by atoms with Crippen LogP contribution in [0.3, 0.4) is 0 Å². The SMILES string of the molecule is CC(F)(F)CCC(NC(=O)[C@@H]1CC2(CCCCC2)CN1C(=O)C(NC(=O)O)C(C)(C)C)C(O)C(N)=O. The summed E-state index contributed by atoms with van der Waals surface area (Å²) in [5.74, 6) is -5.51. The van der Waals surface area contributed by atoms with E-state index in [1.807, 2.05) is 0 Å². The van der Waals surface area contributed by atoms with Crippen molar-refractivity contribution in [3.8, 4) is 0 Å². The number of aliphatic hydroxyl groups is 1. The molecule has 1 aliphatic heterocycles. The molecule has 2 rings (SSSR count). The lowest BCUT2D eigenvalue weighted by Crippen LogP contribution is -2.59. The van der Waals surface area contributed by atoms with Crippen LogP contribution in [0.15, 0.2) is 0 Å². The Balaban J connectivity index is 2.35. The Hall–Kier alpha value is -2.50. The molecular formula is C24H40F2N4O6. The first-order valence-electron chi connectivity index (χ1n) is 12.4. The van der Waals surface area contributed by atoms with Gasteiger partial charge in [-0.15, -0.1) is 0 Å². The average Bonchev–Trinajstić information content (AvgIpc) is 3.11. The number of nitrogens with one attached hydrogen (secondary N) is 2. The molecule has 0 aromatic rings. The van der Waals surface area contributed by atoms with Crippen molar-refractivity contribution in [1.29, 1.82) is 0 Å². The maximum absolute atomic E-state index is 13.7. The smallest absolute Gasteiger partial charge is 0.405 e. The van der Waals surface area contributed by atoms with E-state index in [4.69, 9.17) is 5.73 Å². The van der Waals surface area contributed by atoms with E-state index in [-0.39, 0.29) is 12.0 Å². The molecule has 0 radical (unpaired) electrons. The monoisotopic (exact) mass is 518 g/mol. The third-order valence-electron chi connectivity index (χ3n) is 7.28. The zero-order valence-corrected chi connectivity index (χ0v) is 21.5. The third kappa shape index (κ3) is 7.75. The maximum atomic E-state index is 13.7. The fourth-order valence-electron chi connectivity index (χ4n) is 5.32. The Morgan fingerprint density at radius 2 is 1.67 bits per heavy atom. The van der Waals surface area contributed by atoms with Gasteiger partial charge in [-0.1, -0.05) is 40.0 Å². The first-order chi connectivity index (χ1) is 16.5. The second kappa shape index (κ2) is 11.3. The van der Waals surface area contributed by atoms with Crippen molar-refractivity contribution < 1.29 is 38.2 Å². The Bertz CT molecular complexity index is 835. The highest BCUT2D eigenvalue weighted by Gasteiger charge is 2.51. The molecule has 36 heavy (non-hydrogen) atoms. The van der Waals surface area contributed by atoms with Gasteiger partial charge in [-0.2, -0.15) is 0 Å². The van der Waals surface area contributed by atoms with Crippen molar-refractivity contribution in [1.82, 2.24) is 15.5 Å². The average molecular weight is 519 g/mol. The van der Waals surface area contributed by atoms with Crippen LogP contribution in [0, 0.1) is 10.8 Å². The third-order valence-corrected chi connectivity index (χ3v) is 7.28. The van der Waals surface area contributed by atoms with Crippen molar-refractivity contribution in [3.63, 3.8) is 0 Å². The van der Waals surface area contributed by atoms with Gasteiger partial charge in [-0.05, 0) is 43.4 Å². The number of aliphatic hydroxyl groups excluding tert-OH is 1. The van der Waals surface area contributed by atoms with Gasteiger partial charge in [0.15, 0.2) is 6.10 Å². The first kappa shape index (κ1) is 29.7. The number of nitrogens with zero attached hydrogens (tertiary/aromatic N) is 1. The number of carbonyl (C=O) groups excluding carboxylic acids is 3. The van der Waals surface area contributed by atoms with Crippen LogP contribution in [0.4, 0.5) is 13.6 Å². The molecule has 1 spiro atoms. The van der Waals surface area contributed by atoms with Gasteiger partial charge in [-0.25, -0.2) is 13.6 Å². The Kier molecular flexibility index (Phi) is 9.30. The molecule has 1 heterocycles. The molecule has 1 saturated heterocycles. The molecule has 206 valence electrons. The number of halogens is 2. The van der Waals surface area contributed by atoms with Gasteiger partial charge < -0.3 is 31.5 Å². The molecule has 3 unspecified atom stereocenters. The van der Waals surface area contributed by atoms with Gasteiger partial charge in [0.05, 0.1) is 6.04 Å². The van der Waals surface area contributed by atoms with Crippen LogP contribution in [0.5, 0.6) is 0 Å². The zero-order chi connectivity index (χ0) is 27.5. The van der Waals surface area contributed by atoms with Gasteiger partial charge in [0.2, 0.25) is 23.6 Å². The summed E-state index contributed by atoms with van der Waals surface area (Å²) in [7, 11) is 0. The topological polar surface area (TPSA) is 162 Å². The molecule has 12 heteroatoms. The molecule has 0 aromatic carbocycles. The van der Waals surface area contributed by atoms with E-state index in [1.165, 1.54) is 4.90 Å². The molecule has 4 atom stereocenters. The highest BCUT2D eigenvalue weighted by atomic mass is 19.3. The summed E-state index contributed by atoms with van der Waals surface area (Å²) in [6.07, 6.45) is 0.438. The Labute approximate surface area is 210 Å². The summed E-state index contributed by atoms with van der Waals surface area (Å²) in [5, 5.41) is 24.3. The fraction of sp³-hybridized carbons (Fsp3) is 0.833. The Morgan fingerprint density at radius 1 is 1.08 bits per heavy atom. The van der Waals surface area contributed by atoms with Gasteiger partial charge >= 0.3 is 6.09 Å². The minimum atomic E-state index is -3.09. The van der Waals surface area contributed by atoms with Crippen LogP contribution >= 0.6 is 0 Å². The number of primary amides is 1. The highest BCUT2D eigenvalue weighted by molar-refractivity contribution is 5.93. The predicted molar refractivity (Wildman–Crippen MR) is 127 cm³/mol. The molecule has 1 saturated carbocycles. The predicted octanol–water partition coefficient (Wildman–Crippen LogP) is 1.99. The number of likely N-dealkylation sites (tertiary alicyclic amines) is 1. The Morgan fingerprint density at radius 3 is 2.14 bits per heavy atom. The molecule has 0 aromatic heterocycles. The lowest BCUT2D eigenvalue weighted by Gasteiger charge is -2.36. The van der Waals surface area contributed by atoms with E-state index >= 15 is 0 Å². The number of rotatable bonds is 9. The summed E-state index contributed by atoms with van der Waals surface area (Å²) in [4.78, 5) is 51.5. The molecule has 6 N–H and O–H groups in total. The molecular weight excluding hydrogens is 478 g/mol. The van der Waals surface area contributed by atoms with Crippen LogP contribution in [0.1, 0.15) is 79.1 Å². The molecule has 4 amide bonds. The van der Waals surface area contributed by atoms with Crippen molar-refractivity contribution in [3.05, 3.63) is 0 Å².